The number of aromatic amines is 1. The van der Waals surface area contributed by atoms with E-state index < -0.39 is 5.97 Å². The SMILES string of the molecule is CCOC(=O)c1c[nH]c2sc(CN3CCOCC3)cc2c1=O. The summed E-state index contributed by atoms with van der Waals surface area (Å²) < 4.78 is 10.2. The number of hydrogen-bond donors (Lipinski definition) is 1. The van der Waals surface area contributed by atoms with Gasteiger partial charge in [-0.05, 0) is 13.0 Å². The van der Waals surface area contributed by atoms with E-state index in [0.717, 1.165) is 42.6 Å². The number of aromatic nitrogens is 1. The molecule has 1 saturated heterocycles. The molecule has 2 aromatic rings. The minimum Gasteiger partial charge on any atom is -0.462 e. The van der Waals surface area contributed by atoms with Gasteiger partial charge in [0.15, 0.2) is 0 Å². The predicted molar refractivity (Wildman–Crippen MR) is 84.5 cm³/mol. The molecule has 0 atom stereocenters. The van der Waals surface area contributed by atoms with Crippen molar-refractivity contribution < 1.29 is 14.3 Å². The second-order valence-corrected chi connectivity index (χ2v) is 6.23. The molecule has 0 amide bonds. The molecule has 1 aliphatic rings. The summed E-state index contributed by atoms with van der Waals surface area (Å²) in [7, 11) is 0. The topological polar surface area (TPSA) is 71.6 Å². The van der Waals surface area contributed by atoms with E-state index in [-0.39, 0.29) is 17.6 Å². The van der Waals surface area contributed by atoms with Crippen LogP contribution in [-0.2, 0) is 16.0 Å². The van der Waals surface area contributed by atoms with E-state index in [2.05, 4.69) is 9.88 Å². The maximum absolute atomic E-state index is 12.4. The molecule has 6 nitrogen and oxygen atoms in total. The fourth-order valence-corrected chi connectivity index (χ4v) is 3.55. The quantitative estimate of drug-likeness (QED) is 0.866. The van der Waals surface area contributed by atoms with Crippen LogP contribution in [0.3, 0.4) is 0 Å². The first-order valence-electron chi connectivity index (χ1n) is 7.30. The maximum atomic E-state index is 12.4. The predicted octanol–water partition coefficient (Wildman–Crippen LogP) is 1.60. The molecule has 3 heterocycles. The summed E-state index contributed by atoms with van der Waals surface area (Å²) in [6, 6.07) is 1.87. The highest BCUT2D eigenvalue weighted by molar-refractivity contribution is 7.18. The van der Waals surface area contributed by atoms with Crippen LogP contribution in [0.25, 0.3) is 10.2 Å². The summed E-state index contributed by atoms with van der Waals surface area (Å²) in [6.45, 7) is 6.06. The van der Waals surface area contributed by atoms with Crippen LogP contribution in [0.4, 0.5) is 0 Å². The normalized spacial score (nSPS) is 16.0. The van der Waals surface area contributed by atoms with Gasteiger partial charge >= 0.3 is 5.97 Å². The highest BCUT2D eigenvalue weighted by atomic mass is 32.1. The van der Waals surface area contributed by atoms with E-state index in [9.17, 15) is 9.59 Å². The van der Waals surface area contributed by atoms with Crippen molar-refractivity contribution in [2.75, 3.05) is 32.9 Å². The lowest BCUT2D eigenvalue weighted by molar-refractivity contribution is 0.0346. The largest absolute Gasteiger partial charge is 0.462 e. The van der Waals surface area contributed by atoms with Crippen molar-refractivity contribution in [3.8, 4) is 0 Å². The highest BCUT2D eigenvalue weighted by Gasteiger charge is 2.17. The standard InChI is InChI=1S/C15H18N2O4S/c1-2-21-15(19)12-8-16-14-11(13(12)18)7-10(22-14)9-17-3-5-20-6-4-17/h7-8H,2-6,9H2,1H3,(H,16,18). The van der Waals surface area contributed by atoms with Gasteiger partial charge in [0.1, 0.15) is 10.4 Å². The van der Waals surface area contributed by atoms with Crippen molar-refractivity contribution >= 4 is 27.5 Å². The van der Waals surface area contributed by atoms with E-state index >= 15 is 0 Å². The molecule has 7 heteroatoms. The summed E-state index contributed by atoms with van der Waals surface area (Å²) in [5, 5.41) is 0.554. The number of morpholine rings is 1. The van der Waals surface area contributed by atoms with Crippen LogP contribution in [0.5, 0.6) is 0 Å². The maximum Gasteiger partial charge on any atom is 0.343 e. The van der Waals surface area contributed by atoms with Crippen LogP contribution in [-0.4, -0.2) is 48.8 Å². The minimum absolute atomic E-state index is 0.0603. The molecule has 1 fully saturated rings. The molecule has 0 aromatic carbocycles. The average Bonchev–Trinajstić information content (AvgIpc) is 2.92. The molecule has 22 heavy (non-hydrogen) atoms. The third kappa shape index (κ3) is 3.06. The molecule has 0 bridgehead atoms. The summed E-state index contributed by atoms with van der Waals surface area (Å²) in [6.07, 6.45) is 1.44. The zero-order valence-electron chi connectivity index (χ0n) is 12.4. The van der Waals surface area contributed by atoms with Crippen molar-refractivity contribution in [2.45, 2.75) is 13.5 Å². The van der Waals surface area contributed by atoms with Crippen LogP contribution in [0.2, 0.25) is 0 Å². The number of H-pyrrole nitrogens is 1. The molecule has 0 aliphatic carbocycles. The molecule has 2 aromatic heterocycles. The summed E-state index contributed by atoms with van der Waals surface area (Å²) >= 11 is 1.55. The van der Waals surface area contributed by atoms with E-state index in [0.29, 0.717) is 5.39 Å². The molecule has 3 rings (SSSR count). The number of thiophene rings is 1. The van der Waals surface area contributed by atoms with E-state index in [4.69, 9.17) is 9.47 Å². The first-order valence-corrected chi connectivity index (χ1v) is 8.12. The Kier molecular flexibility index (Phi) is 4.56. The highest BCUT2D eigenvalue weighted by Crippen LogP contribution is 2.23. The van der Waals surface area contributed by atoms with Gasteiger partial charge in [-0.25, -0.2) is 4.79 Å². The van der Waals surface area contributed by atoms with Crippen LogP contribution >= 0.6 is 11.3 Å². The molecule has 118 valence electrons. The van der Waals surface area contributed by atoms with Crippen molar-refractivity contribution in [1.29, 1.82) is 0 Å². The van der Waals surface area contributed by atoms with Crippen LogP contribution in [0, 0.1) is 0 Å². The zero-order valence-corrected chi connectivity index (χ0v) is 13.2. The lowest BCUT2D eigenvalue weighted by atomic mass is 10.2. The minimum atomic E-state index is -0.577. The molecular weight excluding hydrogens is 304 g/mol. The van der Waals surface area contributed by atoms with Gasteiger partial charge in [-0.3, -0.25) is 9.69 Å². The third-order valence-electron chi connectivity index (χ3n) is 3.60. The summed E-state index contributed by atoms with van der Waals surface area (Å²) in [5.74, 6) is -0.577. The lowest BCUT2D eigenvalue weighted by Crippen LogP contribution is -2.35. The number of ether oxygens (including phenoxy) is 2. The molecule has 0 spiro atoms. The van der Waals surface area contributed by atoms with Gasteiger partial charge < -0.3 is 14.5 Å². The second kappa shape index (κ2) is 6.60. The van der Waals surface area contributed by atoms with E-state index in [1.54, 1.807) is 18.3 Å². The average molecular weight is 322 g/mol. The lowest BCUT2D eigenvalue weighted by Gasteiger charge is -2.25. The number of nitrogens with zero attached hydrogens (tertiary/aromatic N) is 1. The third-order valence-corrected chi connectivity index (χ3v) is 4.65. The molecule has 1 aliphatic heterocycles. The van der Waals surface area contributed by atoms with Crippen LogP contribution in [0.15, 0.2) is 17.1 Å². The molecule has 0 unspecified atom stereocenters. The number of esters is 1. The van der Waals surface area contributed by atoms with Gasteiger partial charge in [-0.15, -0.1) is 11.3 Å². The number of carbonyl (C=O) groups excluding carboxylic acids is 1. The van der Waals surface area contributed by atoms with Crippen LogP contribution < -0.4 is 5.43 Å². The first-order chi connectivity index (χ1) is 10.7. The zero-order chi connectivity index (χ0) is 15.5. The monoisotopic (exact) mass is 322 g/mol. The fourth-order valence-electron chi connectivity index (χ4n) is 2.48. The van der Waals surface area contributed by atoms with Gasteiger partial charge in [0.2, 0.25) is 5.43 Å². The van der Waals surface area contributed by atoms with Crippen molar-refractivity contribution in [3.63, 3.8) is 0 Å². The fraction of sp³-hybridized carbons (Fsp3) is 0.467. The number of nitrogens with one attached hydrogen (secondary N) is 1. The van der Waals surface area contributed by atoms with Crippen molar-refractivity contribution in [1.82, 2.24) is 9.88 Å². The first kappa shape index (κ1) is 15.2. The second-order valence-electron chi connectivity index (χ2n) is 5.10. The summed E-state index contributed by atoms with van der Waals surface area (Å²) in [5.41, 5.74) is -0.207. The van der Waals surface area contributed by atoms with Gasteiger partial charge in [0, 0.05) is 30.7 Å². The van der Waals surface area contributed by atoms with Crippen molar-refractivity contribution in [2.24, 2.45) is 0 Å². The van der Waals surface area contributed by atoms with Gasteiger partial charge in [0.25, 0.3) is 0 Å². The number of rotatable bonds is 4. The van der Waals surface area contributed by atoms with E-state index in [1.807, 2.05) is 6.07 Å². The Labute approximate surface area is 131 Å². The molecule has 0 radical (unpaired) electrons. The smallest absolute Gasteiger partial charge is 0.343 e. The Hall–Kier alpha value is -1.70. The number of carbonyl (C=O) groups is 1. The van der Waals surface area contributed by atoms with Gasteiger partial charge in [-0.1, -0.05) is 0 Å². The van der Waals surface area contributed by atoms with Gasteiger partial charge in [0.05, 0.1) is 25.2 Å². The van der Waals surface area contributed by atoms with Crippen molar-refractivity contribution in [3.05, 3.63) is 32.9 Å². The Morgan fingerprint density at radius 1 is 1.45 bits per heavy atom. The molecule has 1 N–H and O–H groups in total. The molecular formula is C15H18N2O4S. The van der Waals surface area contributed by atoms with Crippen LogP contribution in [0.1, 0.15) is 22.2 Å². The Morgan fingerprint density at radius 3 is 2.95 bits per heavy atom. The Bertz CT molecular complexity index is 731. The number of fused-ring (bicyclic) bond motifs is 1. The Balaban J connectivity index is 1.87. The summed E-state index contributed by atoms with van der Waals surface area (Å²) in [4.78, 5) is 31.4. The van der Waals surface area contributed by atoms with Gasteiger partial charge in [-0.2, -0.15) is 0 Å². The number of hydrogen-bond acceptors (Lipinski definition) is 6. The molecule has 0 saturated carbocycles. The Morgan fingerprint density at radius 2 is 2.23 bits per heavy atom. The number of pyridine rings is 1. The van der Waals surface area contributed by atoms with E-state index in [1.165, 1.54) is 6.20 Å².